The summed E-state index contributed by atoms with van der Waals surface area (Å²) in [6.07, 6.45) is 0. The summed E-state index contributed by atoms with van der Waals surface area (Å²) in [6.45, 7) is 0. The number of amides is 1. The number of rotatable bonds is 5. The third-order valence-electron chi connectivity index (χ3n) is 4.53. The van der Waals surface area contributed by atoms with Crippen molar-refractivity contribution in [2.24, 2.45) is 0 Å². The van der Waals surface area contributed by atoms with Gasteiger partial charge in [-0.25, -0.2) is 0 Å². The lowest BCUT2D eigenvalue weighted by Gasteiger charge is -2.13. The molecule has 0 saturated heterocycles. The van der Waals surface area contributed by atoms with Gasteiger partial charge in [-0.3, -0.25) is 14.9 Å². The smallest absolute Gasteiger partial charge is 0.269 e. The van der Waals surface area contributed by atoms with Gasteiger partial charge in [-0.1, -0.05) is 54.2 Å². The number of nitro groups is 1. The number of non-ortho nitro benzene ring substituents is 1. The zero-order chi connectivity index (χ0) is 21.1. The number of para-hydroxylation sites is 1. The van der Waals surface area contributed by atoms with Gasteiger partial charge in [0.15, 0.2) is 0 Å². The topological polar surface area (TPSA) is 92.5 Å². The van der Waals surface area contributed by atoms with E-state index in [4.69, 9.17) is 0 Å². The van der Waals surface area contributed by atoms with Crippen LogP contribution in [0.5, 0.6) is 5.75 Å². The molecule has 6 nitrogen and oxygen atoms in total. The molecule has 4 aromatic rings. The van der Waals surface area contributed by atoms with Crippen LogP contribution in [0.3, 0.4) is 0 Å². The second kappa shape index (κ2) is 8.26. The van der Waals surface area contributed by atoms with Crippen molar-refractivity contribution in [1.82, 2.24) is 0 Å². The van der Waals surface area contributed by atoms with Crippen molar-refractivity contribution in [3.8, 4) is 5.75 Å². The number of hydrogen-bond acceptors (Lipinski definition) is 5. The van der Waals surface area contributed by atoms with Gasteiger partial charge in [0.05, 0.1) is 10.5 Å². The Kier molecular flexibility index (Phi) is 5.36. The molecule has 4 rings (SSSR count). The summed E-state index contributed by atoms with van der Waals surface area (Å²) in [5.41, 5.74) is 0.791. The number of nitro benzene ring substituents is 1. The quantitative estimate of drug-likeness (QED) is 0.314. The maximum atomic E-state index is 12.8. The third-order valence-corrected chi connectivity index (χ3v) is 5.60. The van der Waals surface area contributed by atoms with Gasteiger partial charge in [-0.2, -0.15) is 0 Å². The van der Waals surface area contributed by atoms with Crippen molar-refractivity contribution >= 4 is 39.8 Å². The van der Waals surface area contributed by atoms with Crippen LogP contribution in [0.4, 0.5) is 11.4 Å². The van der Waals surface area contributed by atoms with Crippen LogP contribution in [0.15, 0.2) is 94.7 Å². The van der Waals surface area contributed by atoms with Crippen molar-refractivity contribution in [2.75, 3.05) is 5.32 Å². The Bertz CT molecular complexity index is 1240. The van der Waals surface area contributed by atoms with Crippen LogP contribution in [0.2, 0.25) is 0 Å². The first-order chi connectivity index (χ1) is 14.5. The number of fused-ring (bicyclic) bond motifs is 1. The minimum Gasteiger partial charge on any atom is -0.506 e. The zero-order valence-corrected chi connectivity index (χ0v) is 16.4. The first-order valence-electron chi connectivity index (χ1n) is 9.06. The maximum Gasteiger partial charge on any atom is 0.269 e. The number of aromatic hydroxyl groups is 1. The number of benzene rings is 4. The monoisotopic (exact) mass is 416 g/mol. The fraction of sp³-hybridized carbons (Fsp3) is 0. The first kappa shape index (κ1) is 19.5. The molecule has 0 fully saturated rings. The van der Waals surface area contributed by atoms with Gasteiger partial charge in [0.25, 0.3) is 11.6 Å². The lowest BCUT2D eigenvalue weighted by Crippen LogP contribution is -2.12. The number of nitrogens with zero attached hydrogens (tertiary/aromatic N) is 1. The van der Waals surface area contributed by atoms with Gasteiger partial charge in [0.1, 0.15) is 5.75 Å². The van der Waals surface area contributed by atoms with Gasteiger partial charge in [-0.15, -0.1) is 0 Å². The van der Waals surface area contributed by atoms with E-state index in [1.54, 1.807) is 42.5 Å². The van der Waals surface area contributed by atoms with Crippen molar-refractivity contribution in [1.29, 1.82) is 0 Å². The highest BCUT2D eigenvalue weighted by Crippen LogP contribution is 2.40. The second-order valence-electron chi connectivity index (χ2n) is 6.49. The summed E-state index contributed by atoms with van der Waals surface area (Å²) in [5, 5.41) is 25.8. The molecule has 0 aliphatic rings. The molecule has 7 heteroatoms. The molecule has 4 aromatic carbocycles. The Labute approximate surface area is 176 Å². The molecular formula is C23H16N2O4S. The normalized spacial score (nSPS) is 10.7. The molecule has 0 radical (unpaired) electrons. The average Bonchev–Trinajstić information content (AvgIpc) is 2.76. The van der Waals surface area contributed by atoms with Crippen LogP contribution in [0.1, 0.15) is 10.4 Å². The lowest BCUT2D eigenvalue weighted by molar-refractivity contribution is -0.384. The Morgan fingerprint density at radius 3 is 2.20 bits per heavy atom. The Morgan fingerprint density at radius 2 is 1.53 bits per heavy atom. The molecule has 0 unspecified atom stereocenters. The molecule has 2 N–H and O–H groups in total. The molecule has 0 aliphatic heterocycles. The average molecular weight is 416 g/mol. The number of anilines is 1. The van der Waals surface area contributed by atoms with Gasteiger partial charge in [-0.05, 0) is 35.7 Å². The van der Waals surface area contributed by atoms with E-state index >= 15 is 0 Å². The van der Waals surface area contributed by atoms with E-state index in [0.29, 0.717) is 11.1 Å². The third kappa shape index (κ3) is 3.97. The minimum absolute atomic E-state index is 0.0119. The van der Waals surface area contributed by atoms with Gasteiger partial charge >= 0.3 is 0 Å². The van der Waals surface area contributed by atoms with Gasteiger partial charge < -0.3 is 10.4 Å². The highest BCUT2D eigenvalue weighted by Gasteiger charge is 2.18. The Hall–Kier alpha value is -3.84. The molecule has 148 valence electrons. The maximum absolute atomic E-state index is 12.8. The lowest BCUT2D eigenvalue weighted by atomic mass is 10.0. The van der Waals surface area contributed by atoms with Crippen molar-refractivity contribution in [3.05, 3.63) is 101 Å². The zero-order valence-electron chi connectivity index (χ0n) is 15.6. The standard InChI is InChI=1S/C23H16N2O4S/c26-22-19-9-5-4-8-18(19)21(30-17-12-10-16(11-13-17)25(28)29)14-20(22)23(27)24-15-6-2-1-3-7-15/h1-14,26H,(H,24,27). The first-order valence-corrected chi connectivity index (χ1v) is 9.88. The van der Waals surface area contributed by atoms with Crippen molar-refractivity contribution in [2.45, 2.75) is 9.79 Å². The Morgan fingerprint density at radius 1 is 0.900 bits per heavy atom. The van der Waals surface area contributed by atoms with E-state index < -0.39 is 10.8 Å². The number of nitrogens with one attached hydrogen (secondary N) is 1. The van der Waals surface area contributed by atoms with Crippen LogP contribution in [-0.4, -0.2) is 15.9 Å². The SMILES string of the molecule is O=C(Nc1ccccc1)c1cc(Sc2ccc([N+](=O)[O-])cc2)c2ccccc2c1O. The van der Waals surface area contributed by atoms with Gasteiger partial charge in [0.2, 0.25) is 0 Å². The predicted octanol–water partition coefficient (Wildman–Crippen LogP) is 5.86. The van der Waals surface area contributed by atoms with E-state index in [2.05, 4.69) is 5.32 Å². The van der Waals surface area contributed by atoms with E-state index in [1.807, 2.05) is 30.3 Å². The second-order valence-corrected chi connectivity index (χ2v) is 7.61. The van der Waals surface area contributed by atoms with Crippen molar-refractivity contribution in [3.63, 3.8) is 0 Å². The predicted molar refractivity (Wildman–Crippen MR) is 117 cm³/mol. The minimum atomic E-state index is -0.448. The summed E-state index contributed by atoms with van der Waals surface area (Å²) in [7, 11) is 0. The van der Waals surface area contributed by atoms with E-state index in [9.17, 15) is 20.0 Å². The largest absolute Gasteiger partial charge is 0.506 e. The summed E-state index contributed by atoms with van der Waals surface area (Å²) in [4.78, 5) is 24.8. The molecule has 0 aromatic heterocycles. The molecule has 0 saturated carbocycles. The van der Waals surface area contributed by atoms with E-state index in [0.717, 1.165) is 15.2 Å². The molecule has 0 bridgehead atoms. The summed E-state index contributed by atoms with van der Waals surface area (Å²) < 4.78 is 0. The van der Waals surface area contributed by atoms with Crippen LogP contribution >= 0.6 is 11.8 Å². The fourth-order valence-corrected chi connectivity index (χ4v) is 4.06. The number of phenols is 1. The van der Waals surface area contributed by atoms with Crippen LogP contribution in [-0.2, 0) is 0 Å². The van der Waals surface area contributed by atoms with E-state index in [-0.39, 0.29) is 17.0 Å². The number of hydrogen-bond donors (Lipinski definition) is 2. The molecule has 0 heterocycles. The van der Waals surface area contributed by atoms with Crippen molar-refractivity contribution < 1.29 is 14.8 Å². The molecule has 0 spiro atoms. The Balaban J connectivity index is 1.74. The highest BCUT2D eigenvalue weighted by atomic mass is 32.2. The number of carbonyl (C=O) groups is 1. The molecular weight excluding hydrogens is 400 g/mol. The molecule has 0 aliphatic carbocycles. The number of carbonyl (C=O) groups excluding carboxylic acids is 1. The summed E-state index contributed by atoms with van der Waals surface area (Å²) >= 11 is 1.37. The van der Waals surface area contributed by atoms with Gasteiger partial charge in [0, 0.05) is 33.0 Å². The fourth-order valence-electron chi connectivity index (χ4n) is 3.07. The summed E-state index contributed by atoms with van der Waals surface area (Å²) in [6, 6.07) is 24.1. The molecule has 1 amide bonds. The van der Waals surface area contributed by atoms with Crippen LogP contribution < -0.4 is 5.32 Å². The molecule has 0 atom stereocenters. The van der Waals surface area contributed by atoms with Crippen LogP contribution in [0, 0.1) is 10.1 Å². The van der Waals surface area contributed by atoms with Crippen LogP contribution in [0.25, 0.3) is 10.8 Å². The highest BCUT2D eigenvalue weighted by molar-refractivity contribution is 7.99. The summed E-state index contributed by atoms with van der Waals surface area (Å²) in [5.74, 6) is -0.512. The molecule has 30 heavy (non-hydrogen) atoms. The number of phenolic OH excluding ortho intramolecular Hbond substituents is 1. The van der Waals surface area contributed by atoms with E-state index in [1.165, 1.54) is 23.9 Å².